The predicted octanol–water partition coefficient (Wildman–Crippen LogP) is 2.32. The molecule has 5 atom stereocenters. The van der Waals surface area contributed by atoms with Gasteiger partial charge in [-0.2, -0.15) is 0 Å². The average molecular weight is 601 g/mol. The molecule has 0 aliphatic carbocycles. The number of aromatic nitrogens is 4. The molecule has 0 aromatic carbocycles. The van der Waals surface area contributed by atoms with Crippen LogP contribution in [0.25, 0.3) is 11.2 Å². The van der Waals surface area contributed by atoms with Gasteiger partial charge >= 0.3 is 0 Å². The summed E-state index contributed by atoms with van der Waals surface area (Å²) in [6.07, 6.45) is 1.45. The molecule has 2 aromatic heterocycles. The van der Waals surface area contributed by atoms with Crippen molar-refractivity contribution >= 4 is 51.5 Å². The molecule has 19 heteroatoms. The van der Waals surface area contributed by atoms with Gasteiger partial charge in [0.15, 0.2) is 29.7 Å². The Morgan fingerprint density at radius 1 is 1.27 bits per heavy atom. The Hall–Kier alpha value is -0.890. The van der Waals surface area contributed by atoms with Crippen LogP contribution in [0.2, 0.25) is 0 Å². The number of hydrogen-bond acceptors (Lipinski definition) is 14. The Morgan fingerprint density at radius 3 is 2.70 bits per heavy atom. The summed E-state index contributed by atoms with van der Waals surface area (Å²) in [5, 5.41) is 3.78. The van der Waals surface area contributed by atoms with E-state index in [0.717, 1.165) is 19.3 Å². The summed E-state index contributed by atoms with van der Waals surface area (Å²) < 4.78 is 56.7. The van der Waals surface area contributed by atoms with Crippen LogP contribution < -0.4 is 15.1 Å². The Morgan fingerprint density at radius 2 is 2.03 bits per heavy atom. The highest BCUT2D eigenvalue weighted by Crippen LogP contribution is 2.62. The molecule has 1 saturated heterocycles. The minimum absolute atomic E-state index is 0.404. The van der Waals surface area contributed by atoms with E-state index in [-0.39, 0.29) is 0 Å². The maximum absolute atomic E-state index is 12.1. The van der Waals surface area contributed by atoms with Crippen LogP contribution in [-0.4, -0.2) is 68.8 Å². The van der Waals surface area contributed by atoms with Crippen LogP contribution in [0.4, 0.5) is 5.82 Å². The van der Waals surface area contributed by atoms with Crippen molar-refractivity contribution in [2.45, 2.75) is 50.6 Å². The Balaban J connectivity index is 1.65. The number of ether oxygens (including phenoxy) is 2. The molecule has 15 nitrogen and oxygen atoms in total. The molecule has 0 amide bonds. The second-order valence-corrected chi connectivity index (χ2v) is 15.4. The highest BCUT2D eigenvalue weighted by Gasteiger charge is 2.32. The lowest BCUT2D eigenvalue weighted by atomic mass is 10.2. The summed E-state index contributed by atoms with van der Waals surface area (Å²) in [4.78, 5) is 47.1. The molecule has 3 unspecified atom stereocenters. The lowest BCUT2D eigenvalue weighted by Gasteiger charge is -2.32. The van der Waals surface area contributed by atoms with Crippen LogP contribution in [0, 0.1) is 0 Å². The van der Waals surface area contributed by atoms with Gasteiger partial charge in [-0.25, -0.2) is 15.0 Å². The van der Waals surface area contributed by atoms with Crippen molar-refractivity contribution < 1.29 is 46.7 Å². The number of phosphoric ester groups is 1. The van der Waals surface area contributed by atoms with Crippen molar-refractivity contribution in [3.8, 4) is 0 Å². The standard InChI is InChI=1S/C18H32N5O10P3S/c1-4-8-37-18-21-16(19-5-2)15-17(22-18)23(10-20-15)14-7-6-13(32-14)9-31-36(28,29)33-35(26,27)12-34(24,25)11-30-3/h10,13-14H,4-9,11-12H2,1-3H3,(H,24,25)(H,26,27)(H,28,29)(H,19,21,22)/p-2/t13-,14+/m0/s1. The summed E-state index contributed by atoms with van der Waals surface area (Å²) in [7, 11) is -13.8. The monoisotopic (exact) mass is 601 g/mol. The van der Waals surface area contributed by atoms with E-state index in [1.54, 1.807) is 10.9 Å². The molecule has 210 valence electrons. The van der Waals surface area contributed by atoms with Crippen molar-refractivity contribution in [2.75, 3.05) is 43.6 Å². The van der Waals surface area contributed by atoms with Crippen LogP contribution in [-0.2, 0) is 32.0 Å². The van der Waals surface area contributed by atoms with Gasteiger partial charge in [-0.3, -0.25) is 18.0 Å². The smallest absolute Gasteiger partial charge is 0.272 e. The highest BCUT2D eigenvalue weighted by molar-refractivity contribution is 7.99. The third kappa shape index (κ3) is 8.81. The van der Waals surface area contributed by atoms with Gasteiger partial charge in [0, 0.05) is 19.4 Å². The molecular weight excluding hydrogens is 571 g/mol. The first kappa shape index (κ1) is 30.6. The number of anilines is 1. The fourth-order valence-corrected chi connectivity index (χ4v) is 9.58. The Kier molecular flexibility index (Phi) is 10.7. The van der Waals surface area contributed by atoms with Crippen molar-refractivity contribution in [1.29, 1.82) is 0 Å². The number of phosphoric acid groups is 1. The van der Waals surface area contributed by atoms with E-state index in [1.165, 1.54) is 11.8 Å². The van der Waals surface area contributed by atoms with E-state index in [0.29, 0.717) is 41.5 Å². The summed E-state index contributed by atoms with van der Waals surface area (Å²) in [6.45, 7) is 4.14. The van der Waals surface area contributed by atoms with E-state index < -0.39 is 54.0 Å². The van der Waals surface area contributed by atoms with Gasteiger partial charge in [-0.1, -0.05) is 18.7 Å². The fraction of sp³-hybridized carbons (Fsp3) is 0.722. The minimum atomic E-state index is -5.35. The number of methoxy groups -OCH3 is 1. The molecule has 37 heavy (non-hydrogen) atoms. The number of hydrogen-bond donors (Lipinski definition) is 2. The van der Waals surface area contributed by atoms with Crippen molar-refractivity contribution in [2.24, 2.45) is 0 Å². The topological polar surface area (TPSA) is 210 Å². The number of fused-ring (bicyclic) bond motifs is 1. The van der Waals surface area contributed by atoms with Gasteiger partial charge in [0.25, 0.3) is 7.82 Å². The quantitative estimate of drug-likeness (QED) is 0.170. The number of thioether (sulfide) groups is 1. The number of nitrogens with one attached hydrogen (secondary N) is 1. The van der Waals surface area contributed by atoms with Crippen molar-refractivity contribution in [3.05, 3.63) is 6.33 Å². The summed E-state index contributed by atoms with van der Waals surface area (Å²) in [5.41, 5.74) is 1.13. The first-order valence-electron chi connectivity index (χ1n) is 11.4. The summed E-state index contributed by atoms with van der Waals surface area (Å²) >= 11 is 1.52. The maximum atomic E-state index is 12.1. The largest absolute Gasteiger partial charge is 0.778 e. The second-order valence-electron chi connectivity index (χ2n) is 8.19. The first-order chi connectivity index (χ1) is 17.4. The molecule has 1 aliphatic rings. The zero-order chi connectivity index (χ0) is 27.3. The average Bonchev–Trinajstić information content (AvgIpc) is 3.42. The van der Waals surface area contributed by atoms with E-state index in [1.807, 2.05) is 6.92 Å². The third-order valence-electron chi connectivity index (χ3n) is 4.94. The molecule has 0 bridgehead atoms. The molecule has 2 aromatic rings. The number of rotatable bonds is 15. The molecule has 0 saturated carbocycles. The van der Waals surface area contributed by atoms with E-state index >= 15 is 0 Å². The van der Waals surface area contributed by atoms with Crippen LogP contribution >= 0.6 is 34.5 Å². The third-order valence-corrected chi connectivity index (χ3v) is 12.1. The SMILES string of the molecule is CCCSc1nc(NCC)c2ncn([C@H]3CC[C@@H](COP(=O)([O-])OP(=O)([O-])CP(=O)(O)COC)O3)c2n1. The summed E-state index contributed by atoms with van der Waals surface area (Å²) in [6, 6.07) is 0. The second kappa shape index (κ2) is 13.0. The number of nitrogens with zero attached hydrogens (tertiary/aromatic N) is 4. The van der Waals surface area contributed by atoms with Gasteiger partial charge in [-0.05, 0) is 26.2 Å². The highest BCUT2D eigenvalue weighted by atomic mass is 32.2. The molecule has 3 heterocycles. The van der Waals surface area contributed by atoms with Gasteiger partial charge < -0.3 is 38.6 Å². The van der Waals surface area contributed by atoms with Gasteiger partial charge in [0.1, 0.15) is 12.6 Å². The molecule has 3 rings (SSSR count). The van der Waals surface area contributed by atoms with Crippen LogP contribution in [0.3, 0.4) is 0 Å². The van der Waals surface area contributed by atoms with Crippen LogP contribution in [0.1, 0.15) is 39.3 Å². The zero-order valence-electron chi connectivity index (χ0n) is 20.5. The van der Waals surface area contributed by atoms with Gasteiger partial charge in [0.2, 0.25) is 7.37 Å². The van der Waals surface area contributed by atoms with Crippen molar-refractivity contribution in [3.63, 3.8) is 0 Å². The van der Waals surface area contributed by atoms with Crippen molar-refractivity contribution in [1.82, 2.24) is 19.5 Å². The molecular formula is C18H30N5O10P3S-2. The maximum Gasteiger partial charge on any atom is 0.272 e. The molecule has 0 spiro atoms. The molecule has 1 aliphatic heterocycles. The first-order valence-corrected chi connectivity index (χ1v) is 17.6. The zero-order valence-corrected chi connectivity index (χ0v) is 24.0. The molecule has 2 N–H and O–H groups in total. The lowest BCUT2D eigenvalue weighted by Crippen LogP contribution is -2.20. The Labute approximate surface area is 218 Å². The summed E-state index contributed by atoms with van der Waals surface area (Å²) in [5.74, 6) is 0.0431. The van der Waals surface area contributed by atoms with Crippen LogP contribution in [0.5, 0.6) is 0 Å². The lowest BCUT2D eigenvalue weighted by molar-refractivity contribution is -0.233. The van der Waals surface area contributed by atoms with Gasteiger partial charge in [-0.15, -0.1) is 0 Å². The normalized spacial score (nSPS) is 23.0. The van der Waals surface area contributed by atoms with E-state index in [9.17, 15) is 28.4 Å². The molecule has 1 fully saturated rings. The van der Waals surface area contributed by atoms with Crippen LogP contribution in [0.15, 0.2) is 11.5 Å². The number of imidazole rings is 1. The van der Waals surface area contributed by atoms with E-state index in [4.69, 9.17) is 9.26 Å². The van der Waals surface area contributed by atoms with Gasteiger partial charge in [0.05, 0.1) is 24.9 Å². The fourth-order valence-electron chi connectivity index (χ4n) is 3.56. The minimum Gasteiger partial charge on any atom is -0.778 e. The Bertz CT molecular complexity index is 1220. The van der Waals surface area contributed by atoms with E-state index in [2.05, 4.69) is 36.2 Å². The predicted molar refractivity (Wildman–Crippen MR) is 132 cm³/mol. The molecule has 0 radical (unpaired) electrons.